The van der Waals surface area contributed by atoms with Crippen molar-refractivity contribution in [1.82, 2.24) is 0 Å². The number of aliphatic hydroxyl groups excluding tert-OH is 2. The summed E-state index contributed by atoms with van der Waals surface area (Å²) >= 11 is 0. The molecule has 0 aliphatic carbocycles. The van der Waals surface area contributed by atoms with Crippen molar-refractivity contribution < 1.29 is 29.9 Å². The fourth-order valence-electron chi connectivity index (χ4n) is 4.62. The van der Waals surface area contributed by atoms with E-state index in [-0.39, 0.29) is 71.0 Å². The van der Waals surface area contributed by atoms with E-state index < -0.39 is 22.4 Å². The minimum atomic E-state index is -1.00. The largest absolute Gasteiger partial charge is 0.394 e. The summed E-state index contributed by atoms with van der Waals surface area (Å²) in [6.07, 6.45) is 2.82. The highest BCUT2D eigenvalue weighted by Gasteiger charge is 2.28. The van der Waals surface area contributed by atoms with Crippen LogP contribution in [0.3, 0.4) is 0 Å². The zero-order valence-corrected chi connectivity index (χ0v) is 26.6. The van der Waals surface area contributed by atoms with Crippen LogP contribution in [-0.2, 0) is 9.47 Å². The van der Waals surface area contributed by atoms with Crippen LogP contribution in [0.25, 0.3) is 0 Å². The van der Waals surface area contributed by atoms with E-state index in [2.05, 4.69) is 51.4 Å². The maximum Gasteiger partial charge on any atom is 0.126 e. The summed E-state index contributed by atoms with van der Waals surface area (Å²) in [7, 11) is 0. The Bertz CT molecular complexity index is 691. The van der Waals surface area contributed by atoms with Gasteiger partial charge in [0.05, 0.1) is 26.4 Å². The average molecular weight is 637 g/mol. The molecule has 0 aliphatic rings. The molecule has 0 spiro atoms. The van der Waals surface area contributed by atoms with E-state index in [1.807, 2.05) is 41.5 Å². The van der Waals surface area contributed by atoms with Crippen molar-refractivity contribution in [3.8, 4) is 23.7 Å². The molecule has 0 bridgehead atoms. The van der Waals surface area contributed by atoms with E-state index in [4.69, 9.17) is 19.7 Å². The molecule has 6 heteroatoms. The van der Waals surface area contributed by atoms with Crippen molar-refractivity contribution in [2.45, 2.75) is 176 Å². The van der Waals surface area contributed by atoms with Gasteiger partial charge in [-0.15, -0.1) is 0 Å². The van der Waals surface area contributed by atoms with Gasteiger partial charge in [0.15, 0.2) is 0 Å². The molecule has 0 aromatic heterocycles. The first-order chi connectivity index (χ1) is 17.2. The van der Waals surface area contributed by atoms with Crippen LogP contribution in [-0.4, -0.2) is 69.3 Å². The standard InChI is InChI=1S/C18H34O4.C14H26O2.6CH4/c1-15(2)13-17(5,21-11-9-19)7-8-18(6,14-16(3)4)22-12-10-20;1-11(2)9-13(5,15)7-8-14(6,16)10-12(3)4;;;;;;/h15-16,19-20H,9-14H2,1-6H3;11-12,15-16H,9-10H2,1-6H3;6*1H4. The summed E-state index contributed by atoms with van der Waals surface area (Å²) < 4.78 is 11.5. The molecule has 0 saturated carbocycles. The number of aliphatic hydroxyl groups is 4. The van der Waals surface area contributed by atoms with Crippen LogP contribution in [0, 0.1) is 47.4 Å². The third-order valence-corrected chi connectivity index (χ3v) is 5.42. The van der Waals surface area contributed by atoms with Gasteiger partial charge in [0.25, 0.3) is 0 Å². The second-order valence-electron chi connectivity index (χ2n) is 13.0. The SMILES string of the molecule is C.C.C.C.C.C.CC(C)CC(C)(C#CC(C)(CC(C)C)OCCO)OCCO.CC(C)CC(C)(O)C#CC(C)(O)CC(C)C. The Morgan fingerprint density at radius 3 is 0.864 bits per heavy atom. The van der Waals surface area contributed by atoms with Crippen LogP contribution < -0.4 is 0 Å². The normalized spacial score (nSPS) is 15.4. The van der Waals surface area contributed by atoms with Crippen molar-refractivity contribution >= 4 is 0 Å². The van der Waals surface area contributed by atoms with Gasteiger partial charge >= 0.3 is 0 Å². The average Bonchev–Trinajstić information content (AvgIpc) is 2.72. The zero-order chi connectivity index (χ0) is 30.2. The molecule has 0 radical (unpaired) electrons. The Hall–Kier alpha value is -1.12. The monoisotopic (exact) mass is 637 g/mol. The van der Waals surface area contributed by atoms with E-state index in [9.17, 15) is 10.2 Å². The van der Waals surface area contributed by atoms with Crippen molar-refractivity contribution in [3.05, 3.63) is 0 Å². The molecule has 44 heavy (non-hydrogen) atoms. The second kappa shape index (κ2) is 29.3. The number of rotatable bonds is 14. The fourth-order valence-corrected chi connectivity index (χ4v) is 4.62. The number of hydrogen-bond donors (Lipinski definition) is 4. The third kappa shape index (κ3) is 35.4. The molecule has 0 aromatic rings. The third-order valence-electron chi connectivity index (χ3n) is 5.42. The van der Waals surface area contributed by atoms with Crippen molar-refractivity contribution in [2.75, 3.05) is 26.4 Å². The van der Waals surface area contributed by atoms with Crippen molar-refractivity contribution in [3.63, 3.8) is 0 Å². The molecular weight excluding hydrogens is 552 g/mol. The Labute approximate surface area is 279 Å². The lowest BCUT2D eigenvalue weighted by Gasteiger charge is -2.29. The Balaban J connectivity index is -0.0000000894. The molecule has 4 N–H and O–H groups in total. The smallest absolute Gasteiger partial charge is 0.126 e. The lowest BCUT2D eigenvalue weighted by atomic mass is 9.90. The summed E-state index contributed by atoms with van der Waals surface area (Å²) in [5.41, 5.74) is -3.21. The van der Waals surface area contributed by atoms with Crippen LogP contribution in [0.2, 0.25) is 0 Å². The predicted molar refractivity (Wildman–Crippen MR) is 198 cm³/mol. The Morgan fingerprint density at radius 1 is 0.455 bits per heavy atom. The topological polar surface area (TPSA) is 99.4 Å². The van der Waals surface area contributed by atoms with Gasteiger partial charge in [0.2, 0.25) is 0 Å². The molecule has 0 saturated heterocycles. The van der Waals surface area contributed by atoms with Gasteiger partial charge in [-0.3, -0.25) is 0 Å². The minimum absolute atomic E-state index is 0. The molecule has 6 nitrogen and oxygen atoms in total. The summed E-state index contributed by atoms with van der Waals surface area (Å²) in [4.78, 5) is 0. The molecule has 4 unspecified atom stereocenters. The molecular formula is C38H84O6. The first kappa shape index (κ1) is 61.8. The maximum absolute atomic E-state index is 10.00. The van der Waals surface area contributed by atoms with Gasteiger partial charge in [-0.05, 0) is 77.0 Å². The van der Waals surface area contributed by atoms with Gasteiger partial charge < -0.3 is 29.9 Å². The van der Waals surface area contributed by atoms with E-state index in [1.165, 1.54) is 0 Å². The second-order valence-corrected chi connectivity index (χ2v) is 13.0. The van der Waals surface area contributed by atoms with Crippen LogP contribution in [0.15, 0.2) is 0 Å². The van der Waals surface area contributed by atoms with Crippen molar-refractivity contribution in [1.29, 1.82) is 0 Å². The van der Waals surface area contributed by atoms with Crippen LogP contribution >= 0.6 is 0 Å². The van der Waals surface area contributed by atoms with Gasteiger partial charge in [0.1, 0.15) is 22.4 Å². The zero-order valence-electron chi connectivity index (χ0n) is 26.6. The molecule has 0 aliphatic heterocycles. The van der Waals surface area contributed by atoms with Crippen LogP contribution in [0.1, 0.15) is 153 Å². The Kier molecular flexibility index (Phi) is 41.2. The lowest BCUT2D eigenvalue weighted by molar-refractivity contribution is -0.0255. The molecule has 0 heterocycles. The highest BCUT2D eigenvalue weighted by molar-refractivity contribution is 5.21. The number of hydrogen-bond acceptors (Lipinski definition) is 6. The highest BCUT2D eigenvalue weighted by atomic mass is 16.5. The highest BCUT2D eigenvalue weighted by Crippen LogP contribution is 2.24. The summed E-state index contributed by atoms with van der Waals surface area (Å²) in [6, 6.07) is 0. The van der Waals surface area contributed by atoms with Gasteiger partial charge in [-0.1, -0.05) is 124 Å². The summed E-state index contributed by atoms with van der Waals surface area (Å²) in [6.45, 7) is 24.5. The molecule has 0 aromatic carbocycles. The van der Waals surface area contributed by atoms with Gasteiger partial charge in [-0.25, -0.2) is 0 Å². The van der Waals surface area contributed by atoms with Crippen molar-refractivity contribution in [2.24, 2.45) is 23.7 Å². The lowest BCUT2D eigenvalue weighted by Crippen LogP contribution is -2.34. The van der Waals surface area contributed by atoms with E-state index in [0.717, 1.165) is 12.8 Å². The molecule has 4 atom stereocenters. The van der Waals surface area contributed by atoms with E-state index >= 15 is 0 Å². The molecule has 272 valence electrons. The molecule has 0 fully saturated rings. The predicted octanol–water partition coefficient (Wildman–Crippen LogP) is 9.02. The summed E-state index contributed by atoms with van der Waals surface area (Å²) in [5.74, 6) is 13.7. The van der Waals surface area contributed by atoms with E-state index in [0.29, 0.717) is 36.5 Å². The minimum Gasteiger partial charge on any atom is -0.394 e. The first-order valence-electron chi connectivity index (χ1n) is 14.2. The maximum atomic E-state index is 10.00. The first-order valence-corrected chi connectivity index (χ1v) is 14.2. The molecule has 0 rings (SSSR count). The quantitative estimate of drug-likeness (QED) is 0.142. The van der Waals surface area contributed by atoms with Gasteiger partial charge in [0, 0.05) is 0 Å². The molecule has 0 amide bonds. The fraction of sp³-hybridized carbons (Fsp3) is 0.895. The Morgan fingerprint density at radius 2 is 0.682 bits per heavy atom. The number of ether oxygens (including phenoxy) is 2. The van der Waals surface area contributed by atoms with Crippen LogP contribution in [0.5, 0.6) is 0 Å². The van der Waals surface area contributed by atoms with Crippen LogP contribution in [0.4, 0.5) is 0 Å². The summed E-state index contributed by atoms with van der Waals surface area (Å²) in [5, 5.41) is 38.0. The van der Waals surface area contributed by atoms with Gasteiger partial charge in [-0.2, -0.15) is 0 Å². The van der Waals surface area contributed by atoms with E-state index in [1.54, 1.807) is 13.8 Å².